The van der Waals surface area contributed by atoms with E-state index in [-0.39, 0.29) is 0 Å². The molecule has 0 aromatic carbocycles. The number of nitrogens with zero attached hydrogens (tertiary/aromatic N) is 1. The number of hydrogen-bond donors (Lipinski definition) is 1. The van der Waals surface area contributed by atoms with Gasteiger partial charge in [-0.1, -0.05) is 6.92 Å². The lowest BCUT2D eigenvalue weighted by Gasteiger charge is -2.30. The van der Waals surface area contributed by atoms with Gasteiger partial charge < -0.3 is 10.2 Å². The van der Waals surface area contributed by atoms with Crippen LogP contribution in [0.5, 0.6) is 0 Å². The SMILES string of the molecule is CSC(C)CCN1CCCNC(C)(C)C1. The zero-order valence-electron chi connectivity index (χ0n) is 10.7. The molecule has 0 amide bonds. The van der Waals surface area contributed by atoms with Crippen molar-refractivity contribution in [1.82, 2.24) is 10.2 Å². The lowest BCUT2D eigenvalue weighted by molar-refractivity contribution is 0.229. The number of hydrogen-bond acceptors (Lipinski definition) is 3. The largest absolute Gasteiger partial charge is 0.310 e. The molecule has 1 aliphatic heterocycles. The molecule has 0 radical (unpaired) electrons. The van der Waals surface area contributed by atoms with E-state index < -0.39 is 0 Å². The molecule has 0 saturated carbocycles. The standard InChI is InChI=1S/C12H26N2S/c1-11(15-4)6-9-14-8-5-7-13-12(2,3)10-14/h11,13H,5-10H2,1-4H3. The van der Waals surface area contributed by atoms with Crippen LogP contribution < -0.4 is 5.32 Å². The van der Waals surface area contributed by atoms with Crippen LogP contribution in [0.2, 0.25) is 0 Å². The Bertz CT molecular complexity index is 182. The van der Waals surface area contributed by atoms with Gasteiger partial charge >= 0.3 is 0 Å². The van der Waals surface area contributed by atoms with Crippen LogP contribution in [0.15, 0.2) is 0 Å². The first-order chi connectivity index (χ1) is 7.03. The third-order valence-corrected chi connectivity index (χ3v) is 4.17. The fourth-order valence-electron chi connectivity index (χ4n) is 2.10. The monoisotopic (exact) mass is 230 g/mol. The zero-order valence-corrected chi connectivity index (χ0v) is 11.5. The number of nitrogens with one attached hydrogen (secondary N) is 1. The van der Waals surface area contributed by atoms with Crippen molar-refractivity contribution in [1.29, 1.82) is 0 Å². The highest BCUT2D eigenvalue weighted by Gasteiger charge is 2.23. The van der Waals surface area contributed by atoms with Crippen LogP contribution in [0.4, 0.5) is 0 Å². The maximum Gasteiger partial charge on any atom is 0.0252 e. The highest BCUT2D eigenvalue weighted by atomic mass is 32.2. The van der Waals surface area contributed by atoms with E-state index in [0.717, 1.165) is 5.25 Å². The minimum atomic E-state index is 0.291. The Morgan fingerprint density at radius 3 is 2.87 bits per heavy atom. The predicted molar refractivity (Wildman–Crippen MR) is 70.7 cm³/mol. The van der Waals surface area contributed by atoms with Crippen LogP contribution >= 0.6 is 11.8 Å². The van der Waals surface area contributed by atoms with Gasteiger partial charge in [-0.3, -0.25) is 0 Å². The van der Waals surface area contributed by atoms with E-state index in [1.807, 2.05) is 11.8 Å². The minimum Gasteiger partial charge on any atom is -0.310 e. The Balaban J connectivity index is 2.33. The van der Waals surface area contributed by atoms with Crippen LogP contribution in [-0.2, 0) is 0 Å². The van der Waals surface area contributed by atoms with E-state index in [0.29, 0.717) is 5.54 Å². The molecule has 1 heterocycles. The molecule has 1 saturated heterocycles. The van der Waals surface area contributed by atoms with Crippen molar-refractivity contribution in [2.24, 2.45) is 0 Å². The second kappa shape index (κ2) is 6.12. The van der Waals surface area contributed by atoms with Crippen molar-refractivity contribution >= 4 is 11.8 Å². The second-order valence-electron chi connectivity index (χ2n) is 5.28. The summed E-state index contributed by atoms with van der Waals surface area (Å²) in [7, 11) is 0. The van der Waals surface area contributed by atoms with Gasteiger partial charge in [0.05, 0.1) is 0 Å². The Hall–Kier alpha value is 0.270. The quantitative estimate of drug-likeness (QED) is 0.797. The first-order valence-corrected chi connectivity index (χ1v) is 7.32. The van der Waals surface area contributed by atoms with Crippen LogP contribution in [0.3, 0.4) is 0 Å². The molecule has 1 atom stereocenters. The number of thioether (sulfide) groups is 1. The molecular weight excluding hydrogens is 204 g/mol. The Labute approximate surface area is 99.2 Å². The van der Waals surface area contributed by atoms with E-state index in [1.54, 1.807) is 0 Å². The van der Waals surface area contributed by atoms with Crippen molar-refractivity contribution < 1.29 is 0 Å². The first-order valence-electron chi connectivity index (χ1n) is 6.04. The first kappa shape index (κ1) is 13.3. The van der Waals surface area contributed by atoms with Gasteiger partial charge in [-0.25, -0.2) is 0 Å². The molecular formula is C12H26N2S. The molecule has 1 aliphatic rings. The molecule has 0 aliphatic carbocycles. The third kappa shape index (κ3) is 5.23. The highest BCUT2D eigenvalue weighted by molar-refractivity contribution is 7.99. The molecule has 1 unspecified atom stereocenters. The van der Waals surface area contributed by atoms with Crippen molar-refractivity contribution in [2.45, 2.75) is 44.4 Å². The maximum atomic E-state index is 3.61. The van der Waals surface area contributed by atoms with Crippen molar-refractivity contribution in [3.05, 3.63) is 0 Å². The molecule has 0 spiro atoms. The van der Waals surface area contributed by atoms with E-state index in [1.165, 1.54) is 39.0 Å². The second-order valence-corrected chi connectivity index (χ2v) is 6.55. The molecule has 0 aromatic rings. The van der Waals surface area contributed by atoms with Gasteiger partial charge in [0.2, 0.25) is 0 Å². The summed E-state index contributed by atoms with van der Waals surface area (Å²) in [6.45, 7) is 11.8. The highest BCUT2D eigenvalue weighted by Crippen LogP contribution is 2.14. The minimum absolute atomic E-state index is 0.291. The maximum absolute atomic E-state index is 3.61. The molecule has 90 valence electrons. The lowest BCUT2D eigenvalue weighted by Crippen LogP contribution is -2.46. The topological polar surface area (TPSA) is 15.3 Å². The average molecular weight is 230 g/mol. The molecule has 15 heavy (non-hydrogen) atoms. The van der Waals surface area contributed by atoms with Crippen LogP contribution in [0.1, 0.15) is 33.6 Å². The summed E-state index contributed by atoms with van der Waals surface area (Å²) in [6, 6.07) is 0. The van der Waals surface area contributed by atoms with Crippen molar-refractivity contribution in [2.75, 3.05) is 32.4 Å². The van der Waals surface area contributed by atoms with E-state index in [4.69, 9.17) is 0 Å². The van der Waals surface area contributed by atoms with E-state index in [9.17, 15) is 0 Å². The molecule has 0 bridgehead atoms. The van der Waals surface area contributed by atoms with Gasteiger partial charge in [0.1, 0.15) is 0 Å². The molecule has 2 nitrogen and oxygen atoms in total. The molecule has 0 aromatic heterocycles. The Morgan fingerprint density at radius 1 is 1.47 bits per heavy atom. The van der Waals surface area contributed by atoms with Gasteiger partial charge in [-0.05, 0) is 52.6 Å². The Kier molecular flexibility index (Phi) is 5.44. The van der Waals surface area contributed by atoms with E-state index in [2.05, 4.69) is 37.2 Å². The van der Waals surface area contributed by atoms with E-state index >= 15 is 0 Å². The number of rotatable bonds is 4. The summed E-state index contributed by atoms with van der Waals surface area (Å²) in [6.07, 6.45) is 4.81. The fourth-order valence-corrected chi connectivity index (χ4v) is 2.44. The van der Waals surface area contributed by atoms with Gasteiger partial charge in [-0.15, -0.1) is 0 Å². The Morgan fingerprint density at radius 2 is 2.20 bits per heavy atom. The molecule has 3 heteroatoms. The summed E-state index contributed by atoms with van der Waals surface area (Å²) in [5.74, 6) is 0. The summed E-state index contributed by atoms with van der Waals surface area (Å²) < 4.78 is 0. The summed E-state index contributed by atoms with van der Waals surface area (Å²) in [4.78, 5) is 2.62. The average Bonchev–Trinajstić information content (AvgIpc) is 2.35. The molecule has 1 N–H and O–H groups in total. The van der Waals surface area contributed by atoms with Gasteiger partial charge in [0, 0.05) is 17.3 Å². The van der Waals surface area contributed by atoms with Crippen molar-refractivity contribution in [3.8, 4) is 0 Å². The normalized spacial score (nSPS) is 24.8. The van der Waals surface area contributed by atoms with Crippen molar-refractivity contribution in [3.63, 3.8) is 0 Å². The van der Waals surface area contributed by atoms with Gasteiger partial charge in [0.15, 0.2) is 0 Å². The molecule has 1 fully saturated rings. The van der Waals surface area contributed by atoms with Gasteiger partial charge in [0.25, 0.3) is 0 Å². The van der Waals surface area contributed by atoms with Gasteiger partial charge in [-0.2, -0.15) is 11.8 Å². The van der Waals surface area contributed by atoms with Crippen LogP contribution in [0.25, 0.3) is 0 Å². The van der Waals surface area contributed by atoms with Crippen LogP contribution in [-0.4, -0.2) is 48.1 Å². The fraction of sp³-hybridized carbons (Fsp3) is 1.00. The summed E-state index contributed by atoms with van der Waals surface area (Å²) in [5, 5.41) is 4.40. The lowest BCUT2D eigenvalue weighted by atomic mass is 10.1. The summed E-state index contributed by atoms with van der Waals surface area (Å²) >= 11 is 1.98. The smallest absolute Gasteiger partial charge is 0.0252 e. The zero-order chi connectivity index (χ0) is 11.3. The third-order valence-electron chi connectivity index (χ3n) is 3.13. The predicted octanol–water partition coefficient (Wildman–Crippen LogP) is 2.20. The summed E-state index contributed by atoms with van der Waals surface area (Å²) in [5.41, 5.74) is 0.291. The van der Waals surface area contributed by atoms with Crippen LogP contribution in [0, 0.1) is 0 Å². The molecule has 1 rings (SSSR count).